The molecule has 31 heavy (non-hydrogen) atoms. The summed E-state index contributed by atoms with van der Waals surface area (Å²) in [6.45, 7) is 1.30. The molecule has 3 rings (SSSR count). The van der Waals surface area contributed by atoms with E-state index in [-0.39, 0.29) is 36.7 Å². The number of methoxy groups -OCH3 is 1. The molecule has 2 aliphatic heterocycles. The molecule has 1 aromatic rings. The zero-order valence-corrected chi connectivity index (χ0v) is 18.5. The van der Waals surface area contributed by atoms with Crippen molar-refractivity contribution in [3.05, 3.63) is 29.3 Å². The van der Waals surface area contributed by atoms with Gasteiger partial charge in [0.2, 0.25) is 5.91 Å². The zero-order chi connectivity index (χ0) is 22.4. The van der Waals surface area contributed by atoms with Gasteiger partial charge in [0.05, 0.1) is 29.4 Å². The highest BCUT2D eigenvalue weighted by Gasteiger charge is 2.32. The molecule has 168 valence electrons. The summed E-state index contributed by atoms with van der Waals surface area (Å²) in [5.74, 6) is 0.232. The molecule has 8 nitrogen and oxygen atoms in total. The molecule has 0 aromatic heterocycles. The Bertz CT molecular complexity index is 837. The van der Waals surface area contributed by atoms with Crippen LogP contribution in [0.5, 0.6) is 5.75 Å². The minimum atomic E-state index is -0.283. The van der Waals surface area contributed by atoms with E-state index < -0.39 is 0 Å². The lowest BCUT2D eigenvalue weighted by molar-refractivity contribution is -0.145. The molecule has 0 aliphatic carbocycles. The third-order valence-corrected chi connectivity index (χ3v) is 6.04. The van der Waals surface area contributed by atoms with E-state index in [1.165, 1.54) is 0 Å². The topological polar surface area (TPSA) is 92.1 Å². The number of ether oxygens (including phenoxy) is 3. The molecule has 0 spiro atoms. The molecular weight excluding hydrogens is 398 g/mol. The quantitative estimate of drug-likeness (QED) is 0.680. The summed E-state index contributed by atoms with van der Waals surface area (Å²) in [5, 5.41) is 9.27. The highest BCUT2D eigenvalue weighted by molar-refractivity contribution is 5.97. The molecule has 0 unspecified atom stereocenters. The van der Waals surface area contributed by atoms with Crippen molar-refractivity contribution in [3.8, 4) is 11.8 Å². The van der Waals surface area contributed by atoms with Gasteiger partial charge < -0.3 is 24.0 Å². The molecule has 1 aromatic carbocycles. The second-order valence-electron chi connectivity index (χ2n) is 8.22. The van der Waals surface area contributed by atoms with Crippen molar-refractivity contribution >= 4 is 11.8 Å². The summed E-state index contributed by atoms with van der Waals surface area (Å²) in [4.78, 5) is 28.8. The SMILES string of the molecule is CO[C@H]1CC[C@H]2CCN(C)C(=O)CCCN(C)C(=O)c3cc(C#N)ccc3OC[C@H]1O2. The highest BCUT2D eigenvalue weighted by atomic mass is 16.6. The van der Waals surface area contributed by atoms with Gasteiger partial charge in [-0.2, -0.15) is 5.26 Å². The van der Waals surface area contributed by atoms with E-state index in [0.29, 0.717) is 42.8 Å². The molecule has 0 saturated carbocycles. The van der Waals surface area contributed by atoms with Crippen LogP contribution in [-0.2, 0) is 14.3 Å². The first kappa shape index (κ1) is 23.0. The van der Waals surface area contributed by atoms with Gasteiger partial charge in [0.1, 0.15) is 18.5 Å². The van der Waals surface area contributed by atoms with Gasteiger partial charge in [-0.1, -0.05) is 0 Å². The van der Waals surface area contributed by atoms with Crippen LogP contribution in [0.2, 0.25) is 0 Å². The van der Waals surface area contributed by atoms with Crippen molar-refractivity contribution in [2.45, 2.75) is 50.4 Å². The summed E-state index contributed by atoms with van der Waals surface area (Å²) in [7, 11) is 5.16. The third-order valence-electron chi connectivity index (χ3n) is 6.04. The first-order valence-electron chi connectivity index (χ1n) is 10.8. The van der Waals surface area contributed by atoms with Gasteiger partial charge in [-0.15, -0.1) is 0 Å². The predicted octanol–water partition coefficient (Wildman–Crippen LogP) is 2.21. The number of benzene rings is 1. The number of hydrogen-bond acceptors (Lipinski definition) is 6. The Kier molecular flexibility index (Phi) is 7.88. The fourth-order valence-electron chi connectivity index (χ4n) is 4.06. The Morgan fingerprint density at radius 3 is 2.68 bits per heavy atom. The fraction of sp³-hybridized carbons (Fsp3) is 0.609. The van der Waals surface area contributed by atoms with Crippen LogP contribution in [0.3, 0.4) is 0 Å². The maximum absolute atomic E-state index is 13.1. The Morgan fingerprint density at radius 1 is 1.13 bits per heavy atom. The summed E-state index contributed by atoms with van der Waals surface area (Å²) < 4.78 is 17.9. The number of amides is 2. The van der Waals surface area contributed by atoms with Crippen LogP contribution in [-0.4, -0.2) is 80.8 Å². The van der Waals surface area contributed by atoms with Crippen LogP contribution < -0.4 is 4.74 Å². The summed E-state index contributed by atoms with van der Waals surface area (Å²) in [6.07, 6.45) is 3.04. The number of fused-ring (bicyclic) bond motifs is 3. The largest absolute Gasteiger partial charge is 0.490 e. The van der Waals surface area contributed by atoms with Crippen LogP contribution >= 0.6 is 0 Å². The van der Waals surface area contributed by atoms with E-state index >= 15 is 0 Å². The van der Waals surface area contributed by atoms with Crippen molar-refractivity contribution < 1.29 is 23.8 Å². The van der Waals surface area contributed by atoms with E-state index in [4.69, 9.17) is 14.2 Å². The number of nitriles is 1. The van der Waals surface area contributed by atoms with E-state index in [2.05, 4.69) is 6.07 Å². The van der Waals surface area contributed by atoms with E-state index in [1.807, 2.05) is 0 Å². The normalized spacial score (nSPS) is 26.1. The smallest absolute Gasteiger partial charge is 0.257 e. The summed E-state index contributed by atoms with van der Waals surface area (Å²) in [5.41, 5.74) is 0.720. The van der Waals surface area contributed by atoms with Crippen LogP contribution in [0.1, 0.15) is 48.0 Å². The lowest BCUT2D eigenvalue weighted by atomic mass is 9.99. The molecule has 0 N–H and O–H groups in total. The van der Waals surface area contributed by atoms with E-state index in [1.54, 1.807) is 49.2 Å². The number of carbonyl (C=O) groups is 2. The van der Waals surface area contributed by atoms with Crippen LogP contribution in [0.4, 0.5) is 0 Å². The lowest BCUT2D eigenvalue weighted by Gasteiger charge is -2.36. The Balaban J connectivity index is 1.87. The predicted molar refractivity (Wildman–Crippen MR) is 114 cm³/mol. The number of rotatable bonds is 1. The Labute approximate surface area is 183 Å². The number of carbonyl (C=O) groups excluding carboxylic acids is 2. The molecule has 0 radical (unpaired) electrons. The average Bonchev–Trinajstić information content (AvgIpc) is 2.79. The maximum atomic E-state index is 13.1. The lowest BCUT2D eigenvalue weighted by Crippen LogP contribution is -2.44. The van der Waals surface area contributed by atoms with Gasteiger partial charge in [-0.05, 0) is 43.9 Å². The maximum Gasteiger partial charge on any atom is 0.257 e. The molecular formula is C23H31N3O5. The Morgan fingerprint density at radius 2 is 1.94 bits per heavy atom. The molecule has 1 fully saturated rings. The van der Waals surface area contributed by atoms with Crippen molar-refractivity contribution in [2.75, 3.05) is 40.9 Å². The molecule has 2 aliphatic rings. The molecule has 8 heteroatoms. The zero-order valence-electron chi connectivity index (χ0n) is 18.5. The van der Waals surface area contributed by atoms with E-state index in [0.717, 1.165) is 19.3 Å². The number of nitrogens with zero attached hydrogens (tertiary/aromatic N) is 3. The second-order valence-corrected chi connectivity index (χ2v) is 8.22. The van der Waals surface area contributed by atoms with Crippen molar-refractivity contribution in [1.82, 2.24) is 9.80 Å². The van der Waals surface area contributed by atoms with Gasteiger partial charge >= 0.3 is 0 Å². The molecule has 2 heterocycles. The molecule has 2 amide bonds. The molecule has 2 bridgehead atoms. The standard InChI is InChI=1S/C23H31N3O5/c1-25-12-10-17-7-9-20(29-3)21(31-17)15-30-19-8-6-16(14-24)13-18(19)23(28)26(2)11-4-5-22(25)27/h6,8,13,17,20-21H,4-5,7,9-12,15H2,1-3H3/t17-,20-,21+/m0/s1. The van der Waals surface area contributed by atoms with Gasteiger partial charge in [-0.3, -0.25) is 9.59 Å². The minimum absolute atomic E-state index is 0.0244. The minimum Gasteiger partial charge on any atom is -0.490 e. The summed E-state index contributed by atoms with van der Waals surface area (Å²) in [6, 6.07) is 6.92. The van der Waals surface area contributed by atoms with Crippen LogP contribution in [0.15, 0.2) is 18.2 Å². The van der Waals surface area contributed by atoms with Crippen LogP contribution in [0, 0.1) is 11.3 Å². The first-order valence-corrected chi connectivity index (χ1v) is 10.8. The third kappa shape index (κ3) is 5.75. The average molecular weight is 430 g/mol. The second kappa shape index (κ2) is 10.6. The van der Waals surface area contributed by atoms with Crippen molar-refractivity contribution in [1.29, 1.82) is 5.26 Å². The van der Waals surface area contributed by atoms with Crippen molar-refractivity contribution in [2.24, 2.45) is 0 Å². The Hall–Kier alpha value is -2.63. The molecule has 1 saturated heterocycles. The molecule has 3 atom stereocenters. The monoisotopic (exact) mass is 429 g/mol. The van der Waals surface area contributed by atoms with Crippen molar-refractivity contribution in [3.63, 3.8) is 0 Å². The number of hydrogen-bond donors (Lipinski definition) is 0. The van der Waals surface area contributed by atoms with Gasteiger partial charge in [0.15, 0.2) is 0 Å². The van der Waals surface area contributed by atoms with Gasteiger partial charge in [0, 0.05) is 40.7 Å². The van der Waals surface area contributed by atoms with E-state index in [9.17, 15) is 14.9 Å². The van der Waals surface area contributed by atoms with Crippen LogP contribution in [0.25, 0.3) is 0 Å². The highest BCUT2D eigenvalue weighted by Crippen LogP contribution is 2.27. The summed E-state index contributed by atoms with van der Waals surface area (Å²) >= 11 is 0. The first-order chi connectivity index (χ1) is 14.9. The fourth-order valence-corrected chi connectivity index (χ4v) is 4.06. The van der Waals surface area contributed by atoms with Gasteiger partial charge in [0.25, 0.3) is 5.91 Å². The van der Waals surface area contributed by atoms with Gasteiger partial charge in [-0.25, -0.2) is 0 Å².